The zero-order valence-corrected chi connectivity index (χ0v) is 14.6. The number of carbonyl (C=O) groups excluding carboxylic acids is 1. The number of carboxylic acids is 1. The maximum absolute atomic E-state index is 12.2. The number of sulfonamides is 1. The van der Waals surface area contributed by atoms with Gasteiger partial charge in [-0.15, -0.1) is 0 Å². The fraction of sp³-hybridized carbons (Fsp3) is 0.467. The van der Waals surface area contributed by atoms with Gasteiger partial charge in [-0.3, -0.25) is 9.52 Å². The summed E-state index contributed by atoms with van der Waals surface area (Å²) >= 11 is 0. The van der Waals surface area contributed by atoms with E-state index in [1.54, 1.807) is 0 Å². The van der Waals surface area contributed by atoms with Gasteiger partial charge >= 0.3 is 5.97 Å². The van der Waals surface area contributed by atoms with Crippen LogP contribution in [0.3, 0.4) is 0 Å². The van der Waals surface area contributed by atoms with Gasteiger partial charge in [0.25, 0.3) is 5.91 Å². The van der Waals surface area contributed by atoms with Gasteiger partial charge in [0.2, 0.25) is 10.0 Å². The number of ether oxygens (including phenoxy) is 2. The van der Waals surface area contributed by atoms with Gasteiger partial charge in [-0.25, -0.2) is 13.2 Å². The van der Waals surface area contributed by atoms with Crippen molar-refractivity contribution >= 4 is 33.3 Å². The maximum atomic E-state index is 12.2. The van der Waals surface area contributed by atoms with Crippen LogP contribution in [0.25, 0.3) is 0 Å². The summed E-state index contributed by atoms with van der Waals surface area (Å²) in [6, 6.07) is 4.45. The molecule has 138 valence electrons. The number of aliphatic carboxylic acids is 1. The molecule has 1 heterocycles. The Morgan fingerprint density at radius 1 is 1.32 bits per heavy atom. The second-order valence-electron chi connectivity index (χ2n) is 5.44. The highest BCUT2D eigenvalue weighted by molar-refractivity contribution is 7.92. The summed E-state index contributed by atoms with van der Waals surface area (Å²) in [5.74, 6) is -1.40. The first kappa shape index (κ1) is 19.0. The number of amides is 1. The average Bonchev–Trinajstić information content (AvgIpc) is 3.06. The minimum atomic E-state index is -3.46. The number of rotatable bonds is 7. The molecule has 1 saturated heterocycles. The van der Waals surface area contributed by atoms with E-state index in [2.05, 4.69) is 10.0 Å². The van der Waals surface area contributed by atoms with Crippen molar-refractivity contribution in [1.29, 1.82) is 0 Å². The second-order valence-corrected chi connectivity index (χ2v) is 7.45. The van der Waals surface area contributed by atoms with Crippen LogP contribution in [0.2, 0.25) is 0 Å². The van der Waals surface area contributed by atoms with Gasteiger partial charge < -0.3 is 19.9 Å². The molecule has 1 aromatic rings. The zero-order chi connectivity index (χ0) is 18.6. The molecule has 2 rings (SSSR count). The van der Waals surface area contributed by atoms with Crippen molar-refractivity contribution in [3.05, 3.63) is 18.2 Å². The molecule has 0 unspecified atom stereocenters. The molecular formula is C15H20N2O7S. The Morgan fingerprint density at radius 2 is 2.00 bits per heavy atom. The van der Waals surface area contributed by atoms with E-state index in [9.17, 15) is 18.0 Å². The minimum absolute atomic E-state index is 0.0849. The topological polar surface area (TPSA) is 131 Å². The van der Waals surface area contributed by atoms with E-state index in [0.717, 1.165) is 0 Å². The molecule has 1 aromatic carbocycles. The summed E-state index contributed by atoms with van der Waals surface area (Å²) in [6.45, 7) is 1.51. The van der Waals surface area contributed by atoms with Crippen molar-refractivity contribution in [2.45, 2.75) is 32.0 Å². The molecule has 0 spiro atoms. The molecular weight excluding hydrogens is 352 g/mol. The quantitative estimate of drug-likeness (QED) is 0.651. The van der Waals surface area contributed by atoms with E-state index < -0.39 is 34.1 Å². The van der Waals surface area contributed by atoms with Crippen LogP contribution in [0.1, 0.15) is 19.8 Å². The highest BCUT2D eigenvalue weighted by atomic mass is 32.2. The molecule has 1 aliphatic heterocycles. The third kappa shape index (κ3) is 4.83. The molecule has 0 radical (unpaired) electrons. The fourth-order valence-corrected chi connectivity index (χ4v) is 2.98. The fourth-order valence-electron chi connectivity index (χ4n) is 2.33. The van der Waals surface area contributed by atoms with E-state index in [0.29, 0.717) is 12.1 Å². The Balaban J connectivity index is 2.08. The van der Waals surface area contributed by atoms with Crippen molar-refractivity contribution < 1.29 is 32.6 Å². The minimum Gasteiger partial charge on any atom is -0.494 e. The summed E-state index contributed by atoms with van der Waals surface area (Å²) in [4.78, 5) is 23.0. The van der Waals surface area contributed by atoms with Crippen LogP contribution in [-0.4, -0.2) is 50.5 Å². The molecule has 1 amide bonds. The van der Waals surface area contributed by atoms with Gasteiger partial charge in [-0.05, 0) is 31.9 Å². The van der Waals surface area contributed by atoms with Crippen molar-refractivity contribution in [2.24, 2.45) is 0 Å². The van der Waals surface area contributed by atoms with Crippen LogP contribution in [0, 0.1) is 0 Å². The monoisotopic (exact) mass is 372 g/mol. The summed E-state index contributed by atoms with van der Waals surface area (Å²) in [6.07, 6.45) is -1.23. The maximum Gasteiger partial charge on any atom is 0.332 e. The number of nitrogens with one attached hydrogen (secondary N) is 2. The molecule has 25 heavy (non-hydrogen) atoms. The number of hydrogen-bond donors (Lipinski definition) is 3. The van der Waals surface area contributed by atoms with Crippen LogP contribution in [0.15, 0.2) is 18.2 Å². The molecule has 1 fully saturated rings. The Kier molecular flexibility index (Phi) is 5.85. The van der Waals surface area contributed by atoms with Gasteiger partial charge in [0.15, 0.2) is 6.10 Å². The van der Waals surface area contributed by atoms with Crippen LogP contribution < -0.4 is 14.8 Å². The normalized spacial score (nSPS) is 20.1. The lowest BCUT2D eigenvalue weighted by Gasteiger charge is -2.15. The Labute approximate surface area is 145 Å². The van der Waals surface area contributed by atoms with Crippen molar-refractivity contribution in [1.82, 2.24) is 0 Å². The molecule has 3 N–H and O–H groups in total. The second kappa shape index (κ2) is 7.70. The average molecular weight is 372 g/mol. The van der Waals surface area contributed by atoms with Crippen LogP contribution in [0.5, 0.6) is 5.75 Å². The smallest absolute Gasteiger partial charge is 0.332 e. The summed E-state index contributed by atoms with van der Waals surface area (Å²) < 4.78 is 36.0. The number of benzene rings is 1. The number of carboxylic acid groups (broad SMARTS) is 1. The highest BCUT2D eigenvalue weighted by Gasteiger charge is 2.34. The molecule has 0 saturated carbocycles. The molecule has 0 aromatic heterocycles. The highest BCUT2D eigenvalue weighted by Crippen LogP contribution is 2.29. The lowest BCUT2D eigenvalue weighted by Crippen LogP contribution is -2.29. The molecule has 1 aliphatic rings. The molecule has 10 heteroatoms. The number of anilines is 2. The van der Waals surface area contributed by atoms with Crippen LogP contribution in [0.4, 0.5) is 11.4 Å². The van der Waals surface area contributed by atoms with Crippen molar-refractivity contribution in [3.8, 4) is 5.75 Å². The molecule has 2 atom stereocenters. The summed E-state index contributed by atoms with van der Waals surface area (Å²) in [5.41, 5.74) is 0.633. The summed E-state index contributed by atoms with van der Waals surface area (Å²) in [7, 11) is -2.08. The first-order valence-corrected chi connectivity index (χ1v) is 9.28. The standard InChI is InChI=1S/C15H20N2O7S/c1-3-25(21,22)17-10-5-4-9(8-13(10)23-2)16-14(18)11-6-7-12(24-11)15(19)20/h4-5,8,11-12,17H,3,6-7H2,1-2H3,(H,16,18)(H,19,20)/t11-,12+/m0/s1. The van der Waals surface area contributed by atoms with Crippen LogP contribution in [-0.2, 0) is 24.3 Å². The Bertz CT molecular complexity index is 763. The van der Waals surface area contributed by atoms with Crippen molar-refractivity contribution in [3.63, 3.8) is 0 Å². The first-order valence-electron chi connectivity index (χ1n) is 7.63. The summed E-state index contributed by atoms with van der Waals surface area (Å²) in [5, 5.41) is 11.5. The number of carbonyl (C=O) groups is 2. The lowest BCUT2D eigenvalue weighted by molar-refractivity contribution is -0.150. The van der Waals surface area contributed by atoms with Gasteiger partial charge in [0.1, 0.15) is 11.9 Å². The Morgan fingerprint density at radius 3 is 2.56 bits per heavy atom. The number of methoxy groups -OCH3 is 1. The third-order valence-electron chi connectivity index (χ3n) is 3.70. The lowest BCUT2D eigenvalue weighted by atomic mass is 10.2. The molecule has 0 bridgehead atoms. The van der Waals surface area contributed by atoms with E-state index >= 15 is 0 Å². The Hall–Kier alpha value is -2.33. The van der Waals surface area contributed by atoms with E-state index in [1.807, 2.05) is 0 Å². The number of hydrogen-bond acceptors (Lipinski definition) is 6. The first-order chi connectivity index (χ1) is 11.8. The van der Waals surface area contributed by atoms with Crippen molar-refractivity contribution in [2.75, 3.05) is 22.9 Å². The SMILES string of the molecule is CCS(=O)(=O)Nc1ccc(NC(=O)[C@@H]2CC[C@H](C(=O)O)O2)cc1OC. The van der Waals surface area contributed by atoms with Gasteiger partial charge in [-0.2, -0.15) is 0 Å². The van der Waals surface area contributed by atoms with Crippen LogP contribution >= 0.6 is 0 Å². The van der Waals surface area contributed by atoms with E-state index in [1.165, 1.54) is 32.2 Å². The van der Waals surface area contributed by atoms with E-state index in [-0.39, 0.29) is 23.6 Å². The molecule has 9 nitrogen and oxygen atoms in total. The zero-order valence-electron chi connectivity index (χ0n) is 13.8. The largest absolute Gasteiger partial charge is 0.494 e. The molecule has 0 aliphatic carbocycles. The van der Waals surface area contributed by atoms with Gasteiger partial charge in [0, 0.05) is 11.8 Å². The van der Waals surface area contributed by atoms with E-state index in [4.69, 9.17) is 14.6 Å². The van der Waals surface area contributed by atoms with Gasteiger partial charge in [-0.1, -0.05) is 0 Å². The predicted octanol–water partition coefficient (Wildman–Crippen LogP) is 1.03. The predicted molar refractivity (Wildman–Crippen MR) is 90.2 cm³/mol. The third-order valence-corrected chi connectivity index (χ3v) is 4.99. The van der Waals surface area contributed by atoms with Gasteiger partial charge in [0.05, 0.1) is 18.6 Å².